The zero-order chi connectivity index (χ0) is 36.0. The molecule has 50 heavy (non-hydrogen) atoms. The molecular weight excluding hydrogens is 668 g/mol. The van der Waals surface area contributed by atoms with E-state index in [9.17, 15) is 23.1 Å². The molecule has 16 heteroatoms. The van der Waals surface area contributed by atoms with Crippen LogP contribution in [0.1, 0.15) is 50.4 Å². The largest absolute Gasteiger partial charge is 0.490 e. The molecule has 0 saturated carbocycles. The number of benzene rings is 2. The van der Waals surface area contributed by atoms with Crippen LogP contribution in [0.5, 0.6) is 17.2 Å². The van der Waals surface area contributed by atoms with Gasteiger partial charge in [0.15, 0.2) is 16.5 Å². The van der Waals surface area contributed by atoms with E-state index in [1.165, 1.54) is 28.8 Å². The van der Waals surface area contributed by atoms with Crippen molar-refractivity contribution in [1.29, 1.82) is 0 Å². The van der Waals surface area contributed by atoms with Crippen molar-refractivity contribution in [2.24, 2.45) is 13.0 Å². The minimum atomic E-state index is -3.90. The first-order valence-corrected chi connectivity index (χ1v) is 18.1. The number of aryl methyl sites for hydroxylation is 1. The molecule has 15 nitrogen and oxygen atoms in total. The first-order valence-electron chi connectivity index (χ1n) is 16.6. The molecule has 3 amide bonds. The lowest BCUT2D eigenvalue weighted by atomic mass is 10.0. The second-order valence-corrected chi connectivity index (χ2v) is 14.8. The van der Waals surface area contributed by atoms with Crippen LogP contribution in [-0.4, -0.2) is 103 Å². The van der Waals surface area contributed by atoms with E-state index in [-0.39, 0.29) is 49.1 Å². The molecule has 0 radical (unpaired) electrons. The number of hydrogen-bond donors (Lipinski definition) is 3. The van der Waals surface area contributed by atoms with E-state index >= 15 is 0 Å². The number of carbonyl (C=O) groups excluding carboxylic acids is 2. The molecule has 272 valence electrons. The Morgan fingerprint density at radius 1 is 1.08 bits per heavy atom. The van der Waals surface area contributed by atoms with Crippen molar-refractivity contribution in [2.75, 3.05) is 50.8 Å². The normalized spacial score (nSPS) is 20.8. The Morgan fingerprint density at radius 2 is 1.78 bits per heavy atom. The average Bonchev–Trinajstić information content (AvgIpc) is 3.75. The van der Waals surface area contributed by atoms with Crippen LogP contribution in [-0.2, 0) is 21.8 Å². The Hall–Kier alpha value is -4.38. The third kappa shape index (κ3) is 8.85. The van der Waals surface area contributed by atoms with Crippen molar-refractivity contribution >= 4 is 33.3 Å². The Labute approximate surface area is 292 Å². The van der Waals surface area contributed by atoms with Crippen LogP contribution >= 0.6 is 0 Å². The Morgan fingerprint density at radius 3 is 2.48 bits per heavy atom. The highest BCUT2D eigenvalue weighted by molar-refractivity contribution is 7.89. The van der Waals surface area contributed by atoms with Gasteiger partial charge in [0.25, 0.3) is 15.9 Å². The average molecular weight is 715 g/mol. The first kappa shape index (κ1) is 36.9. The van der Waals surface area contributed by atoms with Crippen LogP contribution < -0.4 is 24.8 Å². The minimum absolute atomic E-state index is 0.0261. The van der Waals surface area contributed by atoms with Gasteiger partial charge in [-0.15, -0.1) is 0 Å². The molecule has 3 N–H and O–H groups in total. The topological polar surface area (TPSA) is 174 Å². The fourth-order valence-corrected chi connectivity index (χ4v) is 6.91. The van der Waals surface area contributed by atoms with Crippen LogP contribution in [0.25, 0.3) is 0 Å². The van der Waals surface area contributed by atoms with Gasteiger partial charge >= 0.3 is 6.03 Å². The molecule has 3 aromatic rings. The molecule has 2 aromatic carbocycles. The van der Waals surface area contributed by atoms with Gasteiger partial charge in [0.1, 0.15) is 5.75 Å². The monoisotopic (exact) mass is 714 g/mol. The fourth-order valence-electron chi connectivity index (χ4n) is 5.76. The summed E-state index contributed by atoms with van der Waals surface area (Å²) < 4.78 is 52.7. The molecule has 0 aliphatic carbocycles. The van der Waals surface area contributed by atoms with E-state index in [4.69, 9.17) is 18.9 Å². The van der Waals surface area contributed by atoms with Gasteiger partial charge in [-0.3, -0.25) is 4.79 Å². The maximum absolute atomic E-state index is 14.4. The molecule has 0 bridgehead atoms. The number of hydrogen-bond acceptors (Lipinski definition) is 10. The summed E-state index contributed by atoms with van der Waals surface area (Å²) in [4.78, 5) is 32.9. The molecule has 0 fully saturated rings. The zero-order valence-electron chi connectivity index (χ0n) is 29.0. The molecule has 4 atom stereocenters. The molecule has 0 spiro atoms. The number of rotatable bonds is 8. The summed E-state index contributed by atoms with van der Waals surface area (Å²) in [6.07, 6.45) is 4.22. The lowest BCUT2D eigenvalue weighted by molar-refractivity contribution is -0.00835. The molecule has 5 rings (SSSR count). The third-order valence-corrected chi connectivity index (χ3v) is 10.4. The van der Waals surface area contributed by atoms with Crippen molar-refractivity contribution in [3.63, 3.8) is 0 Å². The number of nitrogens with zero attached hydrogens (tertiary/aromatic N) is 4. The molecule has 1 aromatic heterocycles. The summed E-state index contributed by atoms with van der Waals surface area (Å²) in [6, 6.07) is 8.76. The Kier molecular flexibility index (Phi) is 11.9. The molecule has 0 saturated heterocycles. The number of urea groups is 1. The number of likely N-dealkylation sites (N-methyl/N-ethyl adjacent to an activating group) is 1. The highest BCUT2D eigenvalue weighted by Crippen LogP contribution is 2.34. The molecule has 0 unspecified atom stereocenters. The smallest absolute Gasteiger partial charge is 0.323 e. The highest BCUT2D eigenvalue weighted by atomic mass is 32.2. The van der Waals surface area contributed by atoms with Crippen molar-refractivity contribution in [1.82, 2.24) is 18.8 Å². The lowest BCUT2D eigenvalue weighted by Gasteiger charge is -2.35. The number of anilines is 2. The fraction of sp³-hybridized carbons (Fsp3) is 0.500. The number of aliphatic hydroxyl groups is 1. The highest BCUT2D eigenvalue weighted by Gasteiger charge is 2.33. The second-order valence-electron chi connectivity index (χ2n) is 12.8. The van der Waals surface area contributed by atoms with E-state index in [0.717, 1.165) is 12.8 Å². The number of carbonyl (C=O) groups is 2. The van der Waals surface area contributed by atoms with Crippen molar-refractivity contribution in [3.8, 4) is 17.2 Å². The Bertz CT molecular complexity index is 1770. The van der Waals surface area contributed by atoms with Crippen LogP contribution in [0, 0.1) is 5.92 Å². The predicted octanol–water partition coefficient (Wildman–Crippen LogP) is 3.91. The summed E-state index contributed by atoms with van der Waals surface area (Å²) in [5.41, 5.74) is 1.04. The van der Waals surface area contributed by atoms with Crippen LogP contribution in [0.15, 0.2) is 53.9 Å². The molecule has 2 aliphatic heterocycles. The molecule has 2 aliphatic rings. The van der Waals surface area contributed by atoms with E-state index < -0.39 is 34.1 Å². The minimum Gasteiger partial charge on any atom is -0.490 e. The number of nitrogens with one attached hydrogen (secondary N) is 2. The van der Waals surface area contributed by atoms with Crippen LogP contribution in [0.3, 0.4) is 0 Å². The molecule has 3 heterocycles. The number of imidazole rings is 1. The van der Waals surface area contributed by atoms with Gasteiger partial charge in [0.05, 0.1) is 36.7 Å². The van der Waals surface area contributed by atoms with Gasteiger partial charge in [0.2, 0.25) is 6.79 Å². The van der Waals surface area contributed by atoms with E-state index in [1.807, 2.05) is 13.8 Å². The van der Waals surface area contributed by atoms with E-state index in [2.05, 4.69) is 15.6 Å². The zero-order valence-corrected chi connectivity index (χ0v) is 29.8. The van der Waals surface area contributed by atoms with Crippen molar-refractivity contribution in [2.45, 2.75) is 63.3 Å². The van der Waals surface area contributed by atoms with E-state index in [1.54, 1.807) is 54.9 Å². The van der Waals surface area contributed by atoms with Gasteiger partial charge in [0, 0.05) is 63.3 Å². The number of aliphatic hydroxyl groups excluding tert-OH is 1. The Balaban J connectivity index is 1.39. The summed E-state index contributed by atoms with van der Waals surface area (Å²) in [7, 11) is -0.720. The quantitative estimate of drug-likeness (QED) is 0.311. The van der Waals surface area contributed by atoms with Crippen LogP contribution in [0.4, 0.5) is 16.2 Å². The van der Waals surface area contributed by atoms with Crippen LogP contribution in [0.2, 0.25) is 0 Å². The third-order valence-electron chi connectivity index (χ3n) is 8.73. The van der Waals surface area contributed by atoms with Gasteiger partial charge < -0.3 is 44.2 Å². The number of ether oxygens (including phenoxy) is 4. The number of fused-ring (bicyclic) bond motifs is 2. The first-order chi connectivity index (χ1) is 23.8. The van der Waals surface area contributed by atoms with Gasteiger partial charge in [-0.05, 0) is 63.4 Å². The van der Waals surface area contributed by atoms with Gasteiger partial charge in [-0.1, -0.05) is 6.92 Å². The second kappa shape index (κ2) is 16.1. The lowest BCUT2D eigenvalue weighted by Crippen LogP contribution is -2.48. The van der Waals surface area contributed by atoms with Crippen molar-refractivity contribution in [3.05, 3.63) is 54.5 Å². The summed E-state index contributed by atoms with van der Waals surface area (Å²) >= 11 is 0. The maximum Gasteiger partial charge on any atom is 0.323 e. The number of amides is 3. The standard InChI is InChI=1S/C34H46N6O9S/c1-22-16-40(23(2)19-41)33(42)27-14-25(36-34(43)37-26-10-12-29-30(15-26)48-21-47-29)9-11-28(27)49-24(3)8-6-7-13-46-31(22)17-39(5)50(44,45)32-18-38(4)20-35-32/h9-12,14-15,18,20,22-24,31,41H,6-8,13,16-17,19,21H2,1-5H3,(H2,36,37,43)/t22-,23+,24-,31-/m0/s1. The summed E-state index contributed by atoms with van der Waals surface area (Å²) in [5.74, 6) is 0.677. The predicted molar refractivity (Wildman–Crippen MR) is 185 cm³/mol. The van der Waals surface area contributed by atoms with Gasteiger partial charge in [-0.2, -0.15) is 4.31 Å². The molecular formula is C34H46N6O9S. The summed E-state index contributed by atoms with van der Waals surface area (Å²) in [5, 5.41) is 15.7. The number of sulfonamides is 1. The van der Waals surface area contributed by atoms with Gasteiger partial charge in [-0.25, -0.2) is 18.2 Å². The van der Waals surface area contributed by atoms with E-state index in [0.29, 0.717) is 41.7 Å². The summed E-state index contributed by atoms with van der Waals surface area (Å²) in [6.45, 7) is 5.88. The van der Waals surface area contributed by atoms with Crippen molar-refractivity contribution < 1.29 is 42.1 Å². The SMILES string of the molecule is C[C@H](CO)N1C[C@H](C)[C@H](CN(C)S(=O)(=O)c2cn(C)cn2)OCCCC[C@H](C)Oc2ccc(NC(=O)Nc3ccc4c(c3)OCO4)cc2C1=O. The number of aromatic nitrogens is 2. The maximum atomic E-state index is 14.4.